The van der Waals surface area contributed by atoms with Gasteiger partial charge in [0.15, 0.2) is 0 Å². The number of aryl methyl sites for hydroxylation is 1. The van der Waals surface area contributed by atoms with Crippen LogP contribution in [0, 0.1) is 18.3 Å². The van der Waals surface area contributed by atoms with E-state index in [-0.39, 0.29) is 5.91 Å². The van der Waals surface area contributed by atoms with E-state index in [4.69, 9.17) is 11.0 Å². The van der Waals surface area contributed by atoms with Gasteiger partial charge in [-0.25, -0.2) is 0 Å². The van der Waals surface area contributed by atoms with Crippen molar-refractivity contribution in [2.24, 2.45) is 0 Å². The van der Waals surface area contributed by atoms with Crippen LogP contribution in [0.25, 0.3) is 0 Å². The van der Waals surface area contributed by atoms with Gasteiger partial charge in [-0.15, -0.1) is 11.8 Å². The first-order valence-corrected chi connectivity index (χ1v) is 7.36. The van der Waals surface area contributed by atoms with Crippen LogP contribution in [-0.4, -0.2) is 11.7 Å². The molecular formula is C16H15N3OS. The van der Waals surface area contributed by atoms with Crippen LogP contribution in [0.2, 0.25) is 0 Å². The van der Waals surface area contributed by atoms with Crippen LogP contribution in [0.5, 0.6) is 0 Å². The molecular weight excluding hydrogens is 282 g/mol. The molecule has 4 nitrogen and oxygen atoms in total. The maximum absolute atomic E-state index is 11.9. The Morgan fingerprint density at radius 2 is 2.14 bits per heavy atom. The third-order valence-electron chi connectivity index (χ3n) is 2.89. The molecule has 1 amide bonds. The standard InChI is InChI=1S/C16H15N3OS/c1-11-7-14(5-6-15(11)18)21-10-16(20)19-13-4-2-3-12(8-13)9-17/h2-8H,10,18H2,1H3,(H,19,20). The molecule has 0 unspecified atom stereocenters. The van der Waals surface area contributed by atoms with E-state index >= 15 is 0 Å². The molecule has 0 spiro atoms. The highest BCUT2D eigenvalue weighted by molar-refractivity contribution is 8.00. The second-order valence-electron chi connectivity index (χ2n) is 4.55. The quantitative estimate of drug-likeness (QED) is 0.671. The van der Waals surface area contributed by atoms with Crippen molar-refractivity contribution in [3.05, 3.63) is 53.6 Å². The molecule has 0 aliphatic rings. The SMILES string of the molecule is Cc1cc(SCC(=O)Nc2cccc(C#N)c2)ccc1N. The molecule has 5 heteroatoms. The number of hydrogen-bond donors (Lipinski definition) is 2. The van der Waals surface area contributed by atoms with Gasteiger partial charge in [0.1, 0.15) is 0 Å². The van der Waals surface area contributed by atoms with Crippen molar-refractivity contribution in [3.8, 4) is 6.07 Å². The lowest BCUT2D eigenvalue weighted by Crippen LogP contribution is -2.14. The van der Waals surface area contributed by atoms with Gasteiger partial charge >= 0.3 is 0 Å². The van der Waals surface area contributed by atoms with Crippen LogP contribution in [0.15, 0.2) is 47.4 Å². The topological polar surface area (TPSA) is 78.9 Å². The number of nitrogen functional groups attached to an aromatic ring is 1. The van der Waals surface area contributed by atoms with Crippen molar-refractivity contribution in [1.82, 2.24) is 0 Å². The van der Waals surface area contributed by atoms with Crippen LogP contribution in [0.3, 0.4) is 0 Å². The van der Waals surface area contributed by atoms with Gasteiger partial charge in [0.2, 0.25) is 5.91 Å². The Bertz CT molecular complexity index is 707. The maximum Gasteiger partial charge on any atom is 0.234 e. The number of nitrogens with zero attached hydrogens (tertiary/aromatic N) is 1. The summed E-state index contributed by atoms with van der Waals surface area (Å²) in [6.45, 7) is 1.94. The Balaban J connectivity index is 1.92. The summed E-state index contributed by atoms with van der Waals surface area (Å²) in [5.74, 6) is 0.199. The Labute approximate surface area is 128 Å². The van der Waals surface area contributed by atoms with Crippen molar-refractivity contribution in [2.75, 3.05) is 16.8 Å². The molecule has 21 heavy (non-hydrogen) atoms. The normalized spacial score (nSPS) is 9.90. The van der Waals surface area contributed by atoms with Crippen molar-refractivity contribution in [2.45, 2.75) is 11.8 Å². The molecule has 0 heterocycles. The molecule has 0 radical (unpaired) electrons. The summed E-state index contributed by atoms with van der Waals surface area (Å²) in [5, 5.41) is 11.6. The van der Waals surface area contributed by atoms with Gasteiger partial charge in [-0.2, -0.15) is 5.26 Å². The highest BCUT2D eigenvalue weighted by Gasteiger charge is 2.05. The fraction of sp³-hybridized carbons (Fsp3) is 0.125. The minimum atomic E-state index is -0.107. The monoisotopic (exact) mass is 297 g/mol. The van der Waals surface area contributed by atoms with E-state index in [1.165, 1.54) is 11.8 Å². The van der Waals surface area contributed by atoms with Crippen molar-refractivity contribution < 1.29 is 4.79 Å². The Morgan fingerprint density at radius 3 is 2.86 bits per heavy atom. The summed E-state index contributed by atoms with van der Waals surface area (Å²) in [7, 11) is 0. The molecule has 0 aliphatic carbocycles. The summed E-state index contributed by atoms with van der Waals surface area (Å²) < 4.78 is 0. The van der Waals surface area contributed by atoms with E-state index < -0.39 is 0 Å². The smallest absolute Gasteiger partial charge is 0.234 e. The zero-order valence-corrected chi connectivity index (χ0v) is 12.4. The molecule has 2 aromatic rings. The number of nitrogens with one attached hydrogen (secondary N) is 1. The number of amides is 1. The van der Waals surface area contributed by atoms with Gasteiger partial charge in [-0.05, 0) is 48.9 Å². The molecule has 0 atom stereocenters. The molecule has 0 saturated heterocycles. The summed E-state index contributed by atoms with van der Waals surface area (Å²) in [6.07, 6.45) is 0. The van der Waals surface area contributed by atoms with Crippen molar-refractivity contribution in [1.29, 1.82) is 5.26 Å². The molecule has 0 fully saturated rings. The molecule has 0 aromatic heterocycles. The summed E-state index contributed by atoms with van der Waals surface area (Å²) in [6, 6.07) is 14.6. The van der Waals surface area contributed by atoms with Crippen LogP contribution >= 0.6 is 11.8 Å². The Morgan fingerprint density at radius 1 is 1.33 bits per heavy atom. The number of hydrogen-bond acceptors (Lipinski definition) is 4. The molecule has 3 N–H and O–H groups in total. The zero-order valence-electron chi connectivity index (χ0n) is 11.6. The largest absolute Gasteiger partial charge is 0.399 e. The second-order valence-corrected chi connectivity index (χ2v) is 5.60. The predicted molar refractivity (Wildman–Crippen MR) is 86.1 cm³/mol. The summed E-state index contributed by atoms with van der Waals surface area (Å²) in [4.78, 5) is 12.9. The van der Waals surface area contributed by atoms with E-state index in [9.17, 15) is 4.79 Å². The van der Waals surface area contributed by atoms with Crippen molar-refractivity contribution >= 4 is 29.0 Å². The molecule has 2 rings (SSSR count). The zero-order chi connectivity index (χ0) is 15.2. The van der Waals surface area contributed by atoms with Gasteiger partial charge in [-0.3, -0.25) is 4.79 Å². The lowest BCUT2D eigenvalue weighted by molar-refractivity contribution is -0.113. The van der Waals surface area contributed by atoms with E-state index in [0.29, 0.717) is 17.0 Å². The molecule has 2 aromatic carbocycles. The summed E-state index contributed by atoms with van der Waals surface area (Å²) >= 11 is 1.45. The second kappa shape index (κ2) is 6.82. The third-order valence-corrected chi connectivity index (χ3v) is 3.88. The van der Waals surface area contributed by atoms with Crippen LogP contribution in [-0.2, 0) is 4.79 Å². The molecule has 0 bridgehead atoms. The van der Waals surface area contributed by atoms with E-state index in [1.54, 1.807) is 24.3 Å². The first-order valence-electron chi connectivity index (χ1n) is 6.37. The number of nitrogens with two attached hydrogens (primary N) is 1. The number of carbonyl (C=O) groups is 1. The maximum atomic E-state index is 11.9. The van der Waals surface area contributed by atoms with Gasteiger partial charge < -0.3 is 11.1 Å². The number of thioether (sulfide) groups is 1. The average Bonchev–Trinajstić information content (AvgIpc) is 2.48. The van der Waals surface area contributed by atoms with Crippen LogP contribution in [0.1, 0.15) is 11.1 Å². The molecule has 106 valence electrons. The number of nitriles is 1. The fourth-order valence-electron chi connectivity index (χ4n) is 1.75. The van der Waals surface area contributed by atoms with Crippen LogP contribution < -0.4 is 11.1 Å². The highest BCUT2D eigenvalue weighted by atomic mass is 32.2. The minimum Gasteiger partial charge on any atom is -0.399 e. The number of carbonyl (C=O) groups excluding carboxylic acids is 1. The molecule has 0 aliphatic heterocycles. The Kier molecular flexibility index (Phi) is 4.85. The predicted octanol–water partition coefficient (Wildman–Crippen LogP) is 3.18. The lowest BCUT2D eigenvalue weighted by Gasteiger charge is -2.07. The van der Waals surface area contributed by atoms with Crippen molar-refractivity contribution in [3.63, 3.8) is 0 Å². The number of anilines is 2. The van der Waals surface area contributed by atoms with Crippen LogP contribution in [0.4, 0.5) is 11.4 Å². The van der Waals surface area contributed by atoms with E-state index in [1.807, 2.05) is 31.2 Å². The van der Waals surface area contributed by atoms with Gasteiger partial charge in [0, 0.05) is 16.3 Å². The number of benzene rings is 2. The Hall–Kier alpha value is -2.45. The highest BCUT2D eigenvalue weighted by Crippen LogP contribution is 2.22. The van der Waals surface area contributed by atoms with Gasteiger partial charge in [-0.1, -0.05) is 6.07 Å². The van der Waals surface area contributed by atoms with E-state index in [0.717, 1.165) is 16.1 Å². The molecule has 0 saturated carbocycles. The average molecular weight is 297 g/mol. The minimum absolute atomic E-state index is 0.107. The summed E-state index contributed by atoms with van der Waals surface area (Å²) in [5.41, 5.74) is 8.66. The lowest BCUT2D eigenvalue weighted by atomic mass is 10.2. The third kappa shape index (κ3) is 4.26. The van der Waals surface area contributed by atoms with Gasteiger partial charge in [0.25, 0.3) is 0 Å². The van der Waals surface area contributed by atoms with Gasteiger partial charge in [0.05, 0.1) is 17.4 Å². The van der Waals surface area contributed by atoms with E-state index in [2.05, 4.69) is 5.32 Å². The first-order chi connectivity index (χ1) is 10.1. The first kappa shape index (κ1) is 14.9. The number of rotatable bonds is 4. The fourth-order valence-corrected chi connectivity index (χ4v) is 2.54.